The Labute approximate surface area is 380 Å². The summed E-state index contributed by atoms with van der Waals surface area (Å²) in [4.78, 5) is 38.0. The van der Waals surface area contributed by atoms with E-state index in [1.54, 1.807) is 0 Å². The summed E-state index contributed by atoms with van der Waals surface area (Å²) in [5.41, 5.74) is 0. The predicted octanol–water partition coefficient (Wildman–Crippen LogP) is 17.7. The molecule has 0 aromatic rings. The van der Waals surface area contributed by atoms with Crippen molar-refractivity contribution in [1.29, 1.82) is 0 Å². The first kappa shape index (κ1) is 59.4. The average Bonchev–Trinajstić information content (AvgIpc) is 3.24. The van der Waals surface area contributed by atoms with Crippen LogP contribution in [-0.2, 0) is 28.6 Å². The van der Waals surface area contributed by atoms with Gasteiger partial charge in [0.1, 0.15) is 13.2 Å². The van der Waals surface area contributed by atoms with Crippen LogP contribution in [-0.4, -0.2) is 37.2 Å². The second-order valence-electron chi connectivity index (χ2n) is 19.6. The van der Waals surface area contributed by atoms with Crippen LogP contribution in [0.4, 0.5) is 0 Å². The van der Waals surface area contributed by atoms with Crippen molar-refractivity contribution in [3.63, 3.8) is 0 Å². The highest BCUT2D eigenvalue weighted by Crippen LogP contribution is 2.18. The van der Waals surface area contributed by atoms with Crippen LogP contribution < -0.4 is 0 Å². The molecule has 6 nitrogen and oxygen atoms in total. The Hall–Kier alpha value is -1.59. The van der Waals surface area contributed by atoms with Gasteiger partial charge in [-0.1, -0.05) is 266 Å². The first-order valence-electron chi connectivity index (χ1n) is 27.3. The fourth-order valence-corrected chi connectivity index (χ4v) is 8.31. The number of ether oxygens (including phenoxy) is 3. The van der Waals surface area contributed by atoms with Crippen molar-refractivity contribution in [1.82, 2.24) is 0 Å². The lowest BCUT2D eigenvalue weighted by atomic mass is 9.99. The molecule has 0 saturated carbocycles. The molecular formula is C55H106O6. The summed E-state index contributed by atoms with van der Waals surface area (Å²) in [7, 11) is 0. The summed E-state index contributed by atoms with van der Waals surface area (Å²) < 4.78 is 16.8. The van der Waals surface area contributed by atoms with Gasteiger partial charge < -0.3 is 14.2 Å². The fourth-order valence-electron chi connectivity index (χ4n) is 8.31. The Bertz CT molecular complexity index is 933. The molecule has 0 N–H and O–H groups in total. The van der Waals surface area contributed by atoms with Crippen LogP contribution in [0.1, 0.15) is 304 Å². The van der Waals surface area contributed by atoms with Crippen LogP contribution in [0, 0.1) is 11.8 Å². The zero-order chi connectivity index (χ0) is 44.7. The van der Waals surface area contributed by atoms with Gasteiger partial charge in [0.2, 0.25) is 0 Å². The number of rotatable bonds is 49. The van der Waals surface area contributed by atoms with Gasteiger partial charge in [-0.25, -0.2) is 0 Å². The van der Waals surface area contributed by atoms with Crippen molar-refractivity contribution in [2.75, 3.05) is 13.2 Å². The molecule has 1 unspecified atom stereocenters. The van der Waals surface area contributed by atoms with Crippen molar-refractivity contribution in [2.45, 2.75) is 310 Å². The first-order chi connectivity index (χ1) is 29.8. The third-order valence-electron chi connectivity index (χ3n) is 12.8. The smallest absolute Gasteiger partial charge is 0.306 e. The second-order valence-corrected chi connectivity index (χ2v) is 19.6. The van der Waals surface area contributed by atoms with E-state index >= 15 is 0 Å². The molecule has 0 aromatic heterocycles. The topological polar surface area (TPSA) is 78.9 Å². The highest BCUT2D eigenvalue weighted by Gasteiger charge is 2.19. The fraction of sp³-hybridized carbons (Fsp3) is 0.945. The highest BCUT2D eigenvalue weighted by atomic mass is 16.6. The van der Waals surface area contributed by atoms with Crippen molar-refractivity contribution in [2.24, 2.45) is 11.8 Å². The van der Waals surface area contributed by atoms with E-state index in [4.69, 9.17) is 14.2 Å². The van der Waals surface area contributed by atoms with Crippen LogP contribution in [0.25, 0.3) is 0 Å². The maximum absolute atomic E-state index is 12.8. The lowest BCUT2D eigenvalue weighted by Gasteiger charge is -2.18. The molecule has 0 fully saturated rings. The van der Waals surface area contributed by atoms with Crippen LogP contribution >= 0.6 is 0 Å². The minimum atomic E-state index is -0.762. The second kappa shape index (κ2) is 47.9. The average molecular weight is 863 g/mol. The Balaban J connectivity index is 4.31. The molecule has 0 bridgehead atoms. The molecule has 0 heterocycles. The molecular weight excluding hydrogens is 757 g/mol. The number of hydrogen-bond donors (Lipinski definition) is 0. The maximum atomic E-state index is 12.8. The summed E-state index contributed by atoms with van der Waals surface area (Å²) in [6.07, 6.45) is 49.4. The van der Waals surface area contributed by atoms with Gasteiger partial charge >= 0.3 is 17.9 Å². The minimum Gasteiger partial charge on any atom is -0.462 e. The molecule has 0 aromatic carbocycles. The summed E-state index contributed by atoms with van der Waals surface area (Å²) in [5, 5.41) is 0. The van der Waals surface area contributed by atoms with Crippen LogP contribution in [0.3, 0.4) is 0 Å². The van der Waals surface area contributed by atoms with Crippen molar-refractivity contribution in [3.8, 4) is 0 Å². The van der Waals surface area contributed by atoms with E-state index in [0.29, 0.717) is 19.3 Å². The number of unbranched alkanes of at least 4 members (excludes halogenated alkanes) is 33. The van der Waals surface area contributed by atoms with Gasteiger partial charge in [-0.2, -0.15) is 0 Å². The van der Waals surface area contributed by atoms with E-state index < -0.39 is 6.10 Å². The zero-order valence-electron chi connectivity index (χ0n) is 41.8. The molecule has 0 aliphatic heterocycles. The van der Waals surface area contributed by atoms with E-state index in [9.17, 15) is 14.4 Å². The molecule has 0 rings (SSSR count). The van der Waals surface area contributed by atoms with Gasteiger partial charge in [0.15, 0.2) is 6.10 Å². The molecule has 0 amide bonds. The van der Waals surface area contributed by atoms with E-state index in [1.165, 1.54) is 193 Å². The monoisotopic (exact) mass is 863 g/mol. The number of carbonyl (C=O) groups is 3. The lowest BCUT2D eigenvalue weighted by Crippen LogP contribution is -2.30. The van der Waals surface area contributed by atoms with E-state index in [2.05, 4.69) is 34.6 Å². The largest absolute Gasteiger partial charge is 0.462 e. The molecule has 0 aliphatic rings. The quantitative estimate of drug-likeness (QED) is 0.0344. The van der Waals surface area contributed by atoms with Crippen LogP contribution in [0.15, 0.2) is 0 Å². The summed E-state index contributed by atoms with van der Waals surface area (Å²) >= 11 is 0. The lowest BCUT2D eigenvalue weighted by molar-refractivity contribution is -0.167. The molecule has 362 valence electrons. The molecule has 0 spiro atoms. The third kappa shape index (κ3) is 47.7. The van der Waals surface area contributed by atoms with Crippen molar-refractivity contribution < 1.29 is 28.6 Å². The Morgan fingerprint density at radius 3 is 0.934 bits per heavy atom. The first-order valence-corrected chi connectivity index (χ1v) is 27.3. The molecule has 0 saturated heterocycles. The van der Waals surface area contributed by atoms with Crippen LogP contribution in [0.5, 0.6) is 0 Å². The molecule has 0 aliphatic carbocycles. The Morgan fingerprint density at radius 2 is 0.623 bits per heavy atom. The summed E-state index contributed by atoms with van der Waals surface area (Å²) in [5.74, 6) is 0.832. The molecule has 0 radical (unpaired) electrons. The van der Waals surface area contributed by atoms with Gasteiger partial charge in [0.05, 0.1) is 0 Å². The zero-order valence-corrected chi connectivity index (χ0v) is 41.8. The van der Waals surface area contributed by atoms with Crippen molar-refractivity contribution >= 4 is 17.9 Å². The van der Waals surface area contributed by atoms with E-state index in [0.717, 1.165) is 69.6 Å². The maximum Gasteiger partial charge on any atom is 0.306 e. The predicted molar refractivity (Wildman–Crippen MR) is 261 cm³/mol. The normalized spacial score (nSPS) is 12.5. The molecule has 61 heavy (non-hydrogen) atoms. The number of esters is 3. The van der Waals surface area contributed by atoms with Gasteiger partial charge in [0, 0.05) is 19.3 Å². The Kier molecular flexibility index (Phi) is 46.6. The van der Waals surface area contributed by atoms with Crippen LogP contribution in [0.2, 0.25) is 0 Å². The molecule has 2 atom stereocenters. The van der Waals surface area contributed by atoms with Crippen molar-refractivity contribution in [3.05, 3.63) is 0 Å². The summed E-state index contributed by atoms with van der Waals surface area (Å²) in [6.45, 7) is 11.4. The van der Waals surface area contributed by atoms with Gasteiger partial charge in [-0.05, 0) is 31.1 Å². The highest BCUT2D eigenvalue weighted by molar-refractivity contribution is 5.71. The number of hydrogen-bond acceptors (Lipinski definition) is 6. The van der Waals surface area contributed by atoms with Gasteiger partial charge in [-0.3, -0.25) is 14.4 Å². The summed E-state index contributed by atoms with van der Waals surface area (Å²) in [6, 6.07) is 0. The standard InChI is InChI=1S/C55H106O6/c1-6-8-9-10-11-12-13-14-15-16-17-18-19-26-32-37-42-47-55(58)61-52(49-60-54(57)46-41-36-31-27-22-23-28-33-38-43-50(3)4)48-59-53(56)45-40-35-30-25-21-20-24-29-34-39-44-51(5)7-2/h50-52H,6-49H2,1-5H3/t51?,52-/m1/s1. The minimum absolute atomic E-state index is 0.0638. The van der Waals surface area contributed by atoms with Gasteiger partial charge in [-0.15, -0.1) is 0 Å². The number of carbonyl (C=O) groups excluding carboxylic acids is 3. The van der Waals surface area contributed by atoms with Gasteiger partial charge in [0.25, 0.3) is 0 Å². The van der Waals surface area contributed by atoms with E-state index in [-0.39, 0.29) is 31.1 Å². The Morgan fingerprint density at radius 1 is 0.344 bits per heavy atom. The third-order valence-corrected chi connectivity index (χ3v) is 12.8. The van der Waals surface area contributed by atoms with E-state index in [1.807, 2.05) is 0 Å². The SMILES string of the molecule is CCCCCCCCCCCCCCCCCCCC(=O)O[C@H](COC(=O)CCCCCCCCCCCCC(C)CC)COC(=O)CCCCCCCCCCCC(C)C. The molecule has 6 heteroatoms.